The van der Waals surface area contributed by atoms with Gasteiger partial charge in [0.2, 0.25) is 29.5 Å². The van der Waals surface area contributed by atoms with Crippen LogP contribution in [0.4, 0.5) is 17.1 Å². The maximum atomic E-state index is 12.7. The average Bonchev–Trinajstić information content (AvgIpc) is 4.03. The summed E-state index contributed by atoms with van der Waals surface area (Å²) >= 11 is 4.14. The Morgan fingerprint density at radius 1 is 0.519 bits per heavy atom. The number of carbonyl (C=O) groups is 4. The van der Waals surface area contributed by atoms with E-state index in [1.807, 2.05) is 173 Å². The van der Waals surface area contributed by atoms with E-state index in [2.05, 4.69) is 46.5 Å². The molecular formula is C57H70N12O7S3. The summed E-state index contributed by atoms with van der Waals surface area (Å²) in [4.78, 5) is 49.9. The van der Waals surface area contributed by atoms with Crippen molar-refractivity contribution < 1.29 is 36.7 Å². The molecule has 1 unspecified atom stereocenters. The molecule has 418 valence electrons. The van der Waals surface area contributed by atoms with Gasteiger partial charge in [0.15, 0.2) is 44.4 Å². The molecule has 6 heterocycles. The van der Waals surface area contributed by atoms with Gasteiger partial charge in [0, 0.05) is 41.4 Å². The molecule has 2 aliphatic rings. The molecule has 6 aromatic heterocycles. The monoisotopic (exact) mass is 1130 g/mol. The molecule has 9 aromatic rings. The lowest BCUT2D eigenvalue weighted by atomic mass is 10.3. The van der Waals surface area contributed by atoms with Crippen LogP contribution < -0.4 is 16.0 Å². The van der Waals surface area contributed by atoms with E-state index in [1.165, 1.54) is 53.0 Å². The van der Waals surface area contributed by atoms with E-state index >= 15 is 0 Å². The minimum atomic E-state index is -0.628. The SMILES string of the molecule is CC.CC.CC(=O)n1c(SC2(C(=O)Nc3ccccc3)CC2)nnc1-c1ccco1.CCn1c(SC(C)C(=O)Nc2ccccc2)nnc1-c1ccco1.CCn1c(SC2(C(=O)Nc3ccccc3)CC2)nnc1-c1ccco1.[HH].[HH].[HH]. The van der Waals surface area contributed by atoms with Gasteiger partial charge in [-0.05, 0) is 119 Å². The Hall–Kier alpha value is -7.95. The second kappa shape index (κ2) is 28.1. The van der Waals surface area contributed by atoms with E-state index in [-0.39, 0.29) is 33.2 Å². The minimum absolute atomic E-state index is 0. The van der Waals surface area contributed by atoms with Crippen molar-refractivity contribution in [2.24, 2.45) is 0 Å². The van der Waals surface area contributed by atoms with Crippen molar-refractivity contribution >= 4 is 76.0 Å². The summed E-state index contributed by atoms with van der Waals surface area (Å²) in [5.41, 5.74) is 2.34. The standard InChI is InChI=1S/C18H16N4O3S.C18H18N4O2S.C17H18N4O2S.2C2H6.3H2/c1-12(23)22-15(14-8-5-11-25-14)20-21-17(22)26-18(9-10-18)16(24)19-13-6-3-2-4-7-13;1-2-22-15(14-9-6-12-24-14)20-21-17(22)25-18(10-11-18)16(23)19-13-7-4-3-5-8-13;1-3-21-15(14-10-7-11-23-14)19-20-17(21)24-12(2)16(22)18-13-8-5-4-6-9-13;2*1-2;;;/h2-8,11H,9-10H2,1H3,(H,19,24);3-9,12H,2,10-11H2,1H3,(H,19,23);4-12H,3H2,1-2H3,(H,18,22);2*1-2H3;3*1H. The highest BCUT2D eigenvalue weighted by Crippen LogP contribution is 2.53. The van der Waals surface area contributed by atoms with Gasteiger partial charge in [0.05, 0.1) is 24.0 Å². The van der Waals surface area contributed by atoms with Crippen LogP contribution in [0.1, 0.15) is 90.1 Å². The van der Waals surface area contributed by atoms with E-state index in [0.29, 0.717) is 58.2 Å². The van der Waals surface area contributed by atoms with Crippen LogP contribution in [0.15, 0.2) is 175 Å². The number of carbonyl (C=O) groups excluding carboxylic acids is 4. The second-order valence-electron chi connectivity index (χ2n) is 17.1. The Labute approximate surface area is 476 Å². The highest BCUT2D eigenvalue weighted by atomic mass is 32.2. The molecule has 3 aromatic carbocycles. The van der Waals surface area contributed by atoms with Gasteiger partial charge in [-0.2, -0.15) is 0 Å². The van der Waals surface area contributed by atoms with Crippen LogP contribution in [0.2, 0.25) is 0 Å². The third kappa shape index (κ3) is 14.8. The fourth-order valence-corrected chi connectivity index (χ4v) is 10.8. The van der Waals surface area contributed by atoms with Crippen molar-refractivity contribution in [3.8, 4) is 34.8 Å². The van der Waals surface area contributed by atoms with Crippen LogP contribution in [-0.4, -0.2) is 82.7 Å². The molecule has 11 rings (SSSR count). The predicted octanol–water partition coefficient (Wildman–Crippen LogP) is 13.8. The Morgan fingerprint density at radius 2 is 0.886 bits per heavy atom. The number of nitrogens with one attached hydrogen (secondary N) is 3. The summed E-state index contributed by atoms with van der Waals surface area (Å²) < 4.78 is 20.4. The van der Waals surface area contributed by atoms with Crippen molar-refractivity contribution in [2.45, 2.75) is 124 Å². The Kier molecular flexibility index (Phi) is 20.9. The van der Waals surface area contributed by atoms with Crippen LogP contribution in [0, 0.1) is 0 Å². The third-order valence-corrected chi connectivity index (χ3v) is 15.8. The topological polar surface area (TPSA) is 236 Å². The predicted molar refractivity (Wildman–Crippen MR) is 316 cm³/mol. The minimum Gasteiger partial charge on any atom is -0.461 e. The highest BCUT2D eigenvalue weighted by molar-refractivity contribution is 8.02. The fraction of sp³-hybridized carbons (Fsp3) is 0.298. The molecule has 0 aliphatic heterocycles. The molecule has 19 nitrogen and oxygen atoms in total. The van der Waals surface area contributed by atoms with E-state index in [1.54, 1.807) is 24.7 Å². The molecule has 2 fully saturated rings. The molecule has 3 N–H and O–H groups in total. The zero-order valence-corrected chi connectivity index (χ0v) is 47.7. The van der Waals surface area contributed by atoms with Gasteiger partial charge in [-0.1, -0.05) is 118 Å². The Balaban J connectivity index is 0.000000252. The number of hydrogen-bond acceptors (Lipinski definition) is 16. The largest absolute Gasteiger partial charge is 0.461 e. The summed E-state index contributed by atoms with van der Waals surface area (Å²) in [6.45, 7) is 16.7. The quantitative estimate of drug-likeness (QED) is 0.0719. The van der Waals surface area contributed by atoms with Gasteiger partial charge in [0.1, 0.15) is 9.49 Å². The highest BCUT2D eigenvalue weighted by Gasteiger charge is 2.53. The fourth-order valence-electron chi connectivity index (χ4n) is 7.51. The van der Waals surface area contributed by atoms with Gasteiger partial charge in [-0.3, -0.25) is 28.3 Å². The number of amides is 3. The Morgan fingerprint density at radius 3 is 1.28 bits per heavy atom. The normalized spacial score (nSPS) is 13.5. The van der Waals surface area contributed by atoms with Crippen molar-refractivity contribution in [3.63, 3.8) is 0 Å². The van der Waals surface area contributed by atoms with E-state index in [9.17, 15) is 19.2 Å². The number of hydrogen-bond donors (Lipinski definition) is 3. The first-order chi connectivity index (χ1) is 38.5. The van der Waals surface area contributed by atoms with Crippen molar-refractivity contribution in [1.29, 1.82) is 0 Å². The van der Waals surface area contributed by atoms with Crippen molar-refractivity contribution in [1.82, 2.24) is 44.3 Å². The number of benzene rings is 3. The molecule has 79 heavy (non-hydrogen) atoms. The summed E-state index contributed by atoms with van der Waals surface area (Å²) in [6, 6.07) is 39.0. The third-order valence-electron chi connectivity index (χ3n) is 11.8. The number of furan rings is 3. The van der Waals surface area contributed by atoms with Crippen LogP contribution in [0.25, 0.3) is 34.8 Å². The maximum Gasteiger partial charge on any atom is 0.241 e. The zero-order chi connectivity index (χ0) is 56.4. The number of thioether (sulfide) groups is 3. The molecule has 22 heteroatoms. The first kappa shape index (κ1) is 58.7. The van der Waals surface area contributed by atoms with Crippen LogP contribution >= 0.6 is 35.3 Å². The summed E-state index contributed by atoms with van der Waals surface area (Å²) in [5, 5.41) is 35.5. The number of anilines is 3. The lowest BCUT2D eigenvalue weighted by Crippen LogP contribution is -2.27. The lowest BCUT2D eigenvalue weighted by molar-refractivity contribution is -0.117. The van der Waals surface area contributed by atoms with E-state index in [4.69, 9.17) is 13.3 Å². The lowest BCUT2D eigenvalue weighted by Gasteiger charge is -2.15. The zero-order valence-electron chi connectivity index (χ0n) is 45.3. The smallest absolute Gasteiger partial charge is 0.241 e. The van der Waals surface area contributed by atoms with Gasteiger partial charge >= 0.3 is 0 Å². The van der Waals surface area contributed by atoms with Gasteiger partial charge in [-0.25, -0.2) is 4.57 Å². The molecular weight excluding hydrogens is 1060 g/mol. The number of para-hydroxylation sites is 3. The molecule has 1 atom stereocenters. The Bertz CT molecular complexity index is 3340. The van der Waals surface area contributed by atoms with Gasteiger partial charge in [0.25, 0.3) is 0 Å². The average molecular weight is 1130 g/mol. The maximum absolute atomic E-state index is 12.7. The van der Waals surface area contributed by atoms with Crippen molar-refractivity contribution in [3.05, 3.63) is 146 Å². The first-order valence-corrected chi connectivity index (χ1v) is 28.6. The molecule has 0 saturated heterocycles. The molecule has 0 spiro atoms. The summed E-state index contributed by atoms with van der Waals surface area (Å²) in [6.07, 6.45) is 7.84. The van der Waals surface area contributed by atoms with E-state index < -0.39 is 9.49 Å². The van der Waals surface area contributed by atoms with Crippen molar-refractivity contribution in [2.75, 3.05) is 16.0 Å². The molecule has 0 radical (unpaired) electrons. The molecule has 2 saturated carbocycles. The first-order valence-electron chi connectivity index (χ1n) is 26.1. The molecule has 2 aliphatic carbocycles. The molecule has 3 amide bonds. The second-order valence-corrected chi connectivity index (χ2v) is 21.2. The number of aromatic nitrogens is 9. The summed E-state index contributed by atoms with van der Waals surface area (Å²) in [5.74, 6) is 3.12. The van der Waals surface area contributed by atoms with Crippen LogP contribution in [-0.2, 0) is 27.5 Å². The number of nitrogens with zero attached hydrogens (tertiary/aromatic N) is 9. The van der Waals surface area contributed by atoms with Crippen LogP contribution in [0.3, 0.4) is 0 Å². The molecule has 0 bridgehead atoms. The van der Waals surface area contributed by atoms with Gasteiger partial charge in [-0.15, -0.1) is 30.6 Å². The van der Waals surface area contributed by atoms with Gasteiger partial charge < -0.3 is 29.2 Å². The van der Waals surface area contributed by atoms with E-state index in [0.717, 1.165) is 47.9 Å². The number of rotatable bonds is 17. The summed E-state index contributed by atoms with van der Waals surface area (Å²) in [7, 11) is 0. The van der Waals surface area contributed by atoms with Crippen LogP contribution in [0.5, 0.6) is 0 Å².